The van der Waals surface area contributed by atoms with Crippen LogP contribution in [0.1, 0.15) is 57.8 Å². The zero-order valence-corrected chi connectivity index (χ0v) is 20.4. The van der Waals surface area contributed by atoms with Gasteiger partial charge >= 0.3 is 12.0 Å². The zero-order valence-electron chi connectivity index (χ0n) is 18.8. The molecule has 8 nitrogen and oxygen atoms in total. The molecule has 0 atom stereocenters. The molecule has 2 aliphatic rings. The van der Waals surface area contributed by atoms with Gasteiger partial charge < -0.3 is 19.5 Å². The minimum absolute atomic E-state index is 0.0117. The fourth-order valence-corrected chi connectivity index (χ4v) is 6.23. The normalized spacial score (nSPS) is 21.9. The first kappa shape index (κ1) is 25.3. The fourth-order valence-electron chi connectivity index (χ4n) is 4.64. The molecule has 0 spiro atoms. The standard InChI is InChI=1S/C22H35N3O5S2/c1-29-11-12-30-14-16-7-9-18(10-8-16)25(17-5-3-2-4-6-17)22(28)24-21-23-13-20(32-21)31-15-19(26)27/h13,16-18H,2-12,14-15H2,1H3,(H,26,27)(H,23,24,28). The highest BCUT2D eigenvalue weighted by atomic mass is 32.2. The lowest BCUT2D eigenvalue weighted by Gasteiger charge is -2.42. The Kier molecular flexibility index (Phi) is 10.6. The Morgan fingerprint density at radius 1 is 1.16 bits per heavy atom. The second-order valence-electron chi connectivity index (χ2n) is 8.54. The van der Waals surface area contributed by atoms with E-state index in [1.54, 1.807) is 13.3 Å². The Balaban J connectivity index is 1.57. The molecule has 1 heterocycles. The molecule has 1 aromatic rings. The van der Waals surface area contributed by atoms with E-state index < -0.39 is 5.97 Å². The van der Waals surface area contributed by atoms with Gasteiger partial charge in [0.15, 0.2) is 5.13 Å². The summed E-state index contributed by atoms with van der Waals surface area (Å²) in [7, 11) is 1.68. The molecule has 0 aromatic carbocycles. The molecule has 180 valence electrons. The number of rotatable bonds is 11. The predicted molar refractivity (Wildman–Crippen MR) is 127 cm³/mol. The van der Waals surface area contributed by atoms with E-state index in [1.807, 2.05) is 0 Å². The molecular formula is C22H35N3O5S2. The van der Waals surface area contributed by atoms with Gasteiger partial charge in [0, 0.05) is 25.8 Å². The highest BCUT2D eigenvalue weighted by Gasteiger charge is 2.34. The second kappa shape index (κ2) is 13.4. The van der Waals surface area contributed by atoms with Crippen LogP contribution in [0.3, 0.4) is 0 Å². The molecule has 2 saturated carbocycles. The summed E-state index contributed by atoms with van der Waals surface area (Å²) >= 11 is 2.55. The number of carboxylic acid groups (broad SMARTS) is 1. The topological polar surface area (TPSA) is 101 Å². The van der Waals surface area contributed by atoms with E-state index in [0.29, 0.717) is 24.3 Å². The molecule has 0 bridgehead atoms. The SMILES string of the molecule is COCCOCC1CCC(N(C(=O)Nc2ncc(SCC(=O)O)s2)C2CCCCC2)CC1. The number of nitrogens with zero attached hydrogens (tertiary/aromatic N) is 2. The van der Waals surface area contributed by atoms with Gasteiger partial charge in [-0.3, -0.25) is 10.1 Å². The van der Waals surface area contributed by atoms with Crippen LogP contribution in [-0.2, 0) is 14.3 Å². The summed E-state index contributed by atoms with van der Waals surface area (Å²) in [5, 5.41) is 12.4. The van der Waals surface area contributed by atoms with E-state index in [4.69, 9.17) is 14.6 Å². The molecule has 2 fully saturated rings. The van der Waals surface area contributed by atoms with Crippen molar-refractivity contribution in [2.75, 3.05) is 38.0 Å². The summed E-state index contributed by atoms with van der Waals surface area (Å²) in [5.74, 6) is -0.327. The van der Waals surface area contributed by atoms with E-state index in [9.17, 15) is 9.59 Å². The maximum Gasteiger partial charge on any atom is 0.324 e. The van der Waals surface area contributed by atoms with Crippen LogP contribution in [0, 0.1) is 5.92 Å². The number of nitrogens with one attached hydrogen (secondary N) is 1. The number of ether oxygens (including phenoxy) is 2. The number of hydrogen-bond acceptors (Lipinski definition) is 7. The first-order chi connectivity index (χ1) is 15.6. The van der Waals surface area contributed by atoms with E-state index in [-0.39, 0.29) is 23.9 Å². The van der Waals surface area contributed by atoms with Gasteiger partial charge in [0.1, 0.15) is 0 Å². The molecule has 10 heteroatoms. The van der Waals surface area contributed by atoms with Gasteiger partial charge in [-0.15, -0.1) is 11.8 Å². The number of carboxylic acids is 1. The number of thioether (sulfide) groups is 1. The zero-order chi connectivity index (χ0) is 22.8. The highest BCUT2D eigenvalue weighted by molar-refractivity contribution is 8.01. The monoisotopic (exact) mass is 485 g/mol. The largest absolute Gasteiger partial charge is 0.481 e. The van der Waals surface area contributed by atoms with Crippen LogP contribution >= 0.6 is 23.1 Å². The predicted octanol–water partition coefficient (Wildman–Crippen LogP) is 4.71. The Morgan fingerprint density at radius 3 is 2.56 bits per heavy atom. The summed E-state index contributed by atoms with van der Waals surface area (Å²) in [4.78, 5) is 30.5. The molecule has 0 radical (unpaired) electrons. The van der Waals surface area contributed by atoms with E-state index in [1.165, 1.54) is 42.4 Å². The number of carbonyl (C=O) groups excluding carboxylic acids is 1. The van der Waals surface area contributed by atoms with Crippen molar-refractivity contribution in [2.24, 2.45) is 5.92 Å². The van der Waals surface area contributed by atoms with Crippen LogP contribution in [0.4, 0.5) is 9.93 Å². The quantitative estimate of drug-likeness (QED) is 0.346. The maximum atomic E-state index is 13.4. The van der Waals surface area contributed by atoms with Crippen molar-refractivity contribution in [1.29, 1.82) is 0 Å². The minimum Gasteiger partial charge on any atom is -0.481 e. The summed E-state index contributed by atoms with van der Waals surface area (Å²) in [6, 6.07) is 0.457. The molecule has 3 rings (SSSR count). The van der Waals surface area contributed by atoms with Gasteiger partial charge in [0.2, 0.25) is 0 Å². The number of hydrogen-bond donors (Lipinski definition) is 2. The second-order valence-corrected chi connectivity index (χ2v) is 10.8. The van der Waals surface area contributed by atoms with E-state index in [2.05, 4.69) is 15.2 Å². The van der Waals surface area contributed by atoms with Crippen molar-refractivity contribution in [1.82, 2.24) is 9.88 Å². The number of urea groups is 1. The van der Waals surface area contributed by atoms with Gasteiger partial charge in [-0.2, -0.15) is 0 Å². The number of methoxy groups -OCH3 is 1. The number of carbonyl (C=O) groups is 2. The van der Waals surface area contributed by atoms with Gasteiger partial charge in [0.25, 0.3) is 0 Å². The summed E-state index contributed by atoms with van der Waals surface area (Å²) in [6.07, 6.45) is 11.5. The number of aromatic nitrogens is 1. The average molecular weight is 486 g/mol. The first-order valence-electron chi connectivity index (χ1n) is 11.5. The summed E-state index contributed by atoms with van der Waals surface area (Å²) in [6.45, 7) is 2.02. The average Bonchev–Trinajstić information content (AvgIpc) is 3.24. The van der Waals surface area contributed by atoms with Crippen LogP contribution in [-0.4, -0.2) is 71.8 Å². The van der Waals surface area contributed by atoms with Gasteiger partial charge in [-0.1, -0.05) is 30.6 Å². The van der Waals surface area contributed by atoms with Crippen molar-refractivity contribution in [3.63, 3.8) is 0 Å². The first-order valence-corrected chi connectivity index (χ1v) is 13.3. The number of thiazole rings is 1. The molecule has 0 unspecified atom stereocenters. The molecule has 2 amide bonds. The van der Waals surface area contributed by atoms with Crippen molar-refractivity contribution >= 4 is 40.2 Å². The highest BCUT2D eigenvalue weighted by Crippen LogP contribution is 2.34. The Bertz CT molecular complexity index is 718. The van der Waals surface area contributed by atoms with Crippen LogP contribution in [0.15, 0.2) is 10.4 Å². The van der Waals surface area contributed by atoms with Crippen LogP contribution in [0.5, 0.6) is 0 Å². The molecule has 2 N–H and O–H groups in total. The molecule has 2 aliphatic carbocycles. The van der Waals surface area contributed by atoms with Gasteiger partial charge in [-0.25, -0.2) is 9.78 Å². The van der Waals surface area contributed by atoms with Crippen LogP contribution < -0.4 is 5.32 Å². The molecule has 0 aliphatic heterocycles. The third-order valence-corrected chi connectivity index (χ3v) is 8.33. The number of amides is 2. The van der Waals surface area contributed by atoms with Crippen molar-refractivity contribution in [2.45, 2.75) is 74.1 Å². The minimum atomic E-state index is -0.864. The number of anilines is 1. The maximum absolute atomic E-state index is 13.4. The Hall–Kier alpha value is -1.36. The third kappa shape index (κ3) is 7.90. The Labute approximate surface area is 198 Å². The van der Waals surface area contributed by atoms with Gasteiger partial charge in [-0.05, 0) is 44.4 Å². The van der Waals surface area contributed by atoms with Crippen LogP contribution in [0.25, 0.3) is 0 Å². The lowest BCUT2D eigenvalue weighted by molar-refractivity contribution is -0.133. The summed E-state index contributed by atoms with van der Waals surface area (Å²) in [5.41, 5.74) is 0. The Morgan fingerprint density at radius 2 is 1.88 bits per heavy atom. The molecule has 32 heavy (non-hydrogen) atoms. The molecule has 1 aromatic heterocycles. The molecule has 0 saturated heterocycles. The van der Waals surface area contributed by atoms with E-state index >= 15 is 0 Å². The smallest absolute Gasteiger partial charge is 0.324 e. The number of aliphatic carboxylic acids is 1. The van der Waals surface area contributed by atoms with Gasteiger partial charge in [0.05, 0.1) is 29.4 Å². The molecular weight excluding hydrogens is 450 g/mol. The van der Waals surface area contributed by atoms with Crippen LogP contribution in [0.2, 0.25) is 0 Å². The van der Waals surface area contributed by atoms with Crippen molar-refractivity contribution in [3.8, 4) is 0 Å². The lowest BCUT2D eigenvalue weighted by Crippen LogP contribution is -2.51. The van der Waals surface area contributed by atoms with Crippen molar-refractivity contribution < 1.29 is 24.2 Å². The third-order valence-electron chi connectivity index (χ3n) is 6.23. The van der Waals surface area contributed by atoms with Crippen molar-refractivity contribution in [3.05, 3.63) is 6.20 Å². The lowest BCUT2D eigenvalue weighted by atomic mass is 9.84. The fraction of sp³-hybridized carbons (Fsp3) is 0.773. The summed E-state index contributed by atoms with van der Waals surface area (Å²) < 4.78 is 11.6. The van der Waals surface area contributed by atoms with E-state index in [0.717, 1.165) is 49.3 Å².